The van der Waals surface area contributed by atoms with Gasteiger partial charge in [0.25, 0.3) is 0 Å². The predicted octanol–water partition coefficient (Wildman–Crippen LogP) is 1.96. The molecule has 6 nitrogen and oxygen atoms in total. The smallest absolute Gasteiger partial charge is 0.341 e. The molecule has 22 heavy (non-hydrogen) atoms. The van der Waals surface area contributed by atoms with Crippen LogP contribution in [0.15, 0.2) is 6.07 Å². The van der Waals surface area contributed by atoms with Gasteiger partial charge in [-0.05, 0) is 19.4 Å². The van der Waals surface area contributed by atoms with Crippen molar-refractivity contribution in [2.75, 3.05) is 30.1 Å². The Balaban J connectivity index is 2.07. The zero-order chi connectivity index (χ0) is 16.1. The highest BCUT2D eigenvalue weighted by atomic mass is 32.2. The second-order valence-electron chi connectivity index (χ2n) is 4.65. The van der Waals surface area contributed by atoms with Crippen LogP contribution < -0.4 is 5.32 Å². The zero-order valence-electron chi connectivity index (χ0n) is 12.5. The SMILES string of the molecule is CCOC(=O)c1cc(CC)sc1NC(=O)CN1CSCC1=O. The highest BCUT2D eigenvalue weighted by Gasteiger charge is 2.24. The summed E-state index contributed by atoms with van der Waals surface area (Å²) in [5.74, 6) is 0.167. The van der Waals surface area contributed by atoms with Crippen molar-refractivity contribution in [3.63, 3.8) is 0 Å². The topological polar surface area (TPSA) is 75.7 Å². The van der Waals surface area contributed by atoms with E-state index >= 15 is 0 Å². The molecule has 1 saturated heterocycles. The van der Waals surface area contributed by atoms with Crippen molar-refractivity contribution in [1.82, 2.24) is 4.90 Å². The van der Waals surface area contributed by atoms with Gasteiger partial charge in [-0.15, -0.1) is 23.1 Å². The minimum atomic E-state index is -0.443. The number of amides is 2. The van der Waals surface area contributed by atoms with E-state index in [0.717, 1.165) is 11.3 Å². The average molecular weight is 342 g/mol. The molecule has 0 atom stereocenters. The zero-order valence-corrected chi connectivity index (χ0v) is 14.1. The fourth-order valence-electron chi connectivity index (χ4n) is 1.95. The molecule has 120 valence electrons. The Morgan fingerprint density at radius 1 is 1.41 bits per heavy atom. The molecular weight excluding hydrogens is 324 g/mol. The number of esters is 1. The van der Waals surface area contributed by atoms with Crippen LogP contribution in [-0.4, -0.2) is 47.5 Å². The molecule has 1 aliphatic heterocycles. The van der Waals surface area contributed by atoms with Crippen LogP contribution in [0.1, 0.15) is 29.1 Å². The lowest BCUT2D eigenvalue weighted by atomic mass is 10.2. The van der Waals surface area contributed by atoms with E-state index in [1.54, 1.807) is 13.0 Å². The molecule has 2 rings (SSSR count). The third-order valence-electron chi connectivity index (χ3n) is 3.04. The number of nitrogens with zero attached hydrogens (tertiary/aromatic N) is 1. The van der Waals surface area contributed by atoms with Crippen molar-refractivity contribution in [1.29, 1.82) is 0 Å². The molecule has 2 amide bonds. The van der Waals surface area contributed by atoms with Crippen molar-refractivity contribution in [3.8, 4) is 0 Å². The van der Waals surface area contributed by atoms with Crippen LogP contribution in [0.5, 0.6) is 0 Å². The van der Waals surface area contributed by atoms with Gasteiger partial charge in [0.05, 0.1) is 23.8 Å². The van der Waals surface area contributed by atoms with Crippen LogP contribution in [0.4, 0.5) is 5.00 Å². The molecule has 0 bridgehead atoms. The number of aryl methyl sites for hydroxylation is 1. The average Bonchev–Trinajstić information content (AvgIpc) is 3.06. The fraction of sp³-hybridized carbons (Fsp3) is 0.500. The van der Waals surface area contributed by atoms with Crippen LogP contribution >= 0.6 is 23.1 Å². The number of rotatable bonds is 6. The first-order chi connectivity index (χ1) is 10.5. The summed E-state index contributed by atoms with van der Waals surface area (Å²) in [6.07, 6.45) is 0.772. The number of hydrogen-bond donors (Lipinski definition) is 1. The van der Waals surface area contributed by atoms with Crippen LogP contribution in [0.2, 0.25) is 0 Å². The standard InChI is InChI=1S/C14H18N2O4S2/c1-3-9-5-10(14(19)20-4-2)13(22-9)15-11(17)6-16-8-21-7-12(16)18/h5H,3-4,6-8H2,1-2H3,(H,15,17). The Kier molecular flexibility index (Phi) is 5.84. The van der Waals surface area contributed by atoms with Crippen LogP contribution in [-0.2, 0) is 20.7 Å². The van der Waals surface area contributed by atoms with Gasteiger partial charge in [-0.25, -0.2) is 4.79 Å². The first-order valence-electron chi connectivity index (χ1n) is 7.00. The largest absolute Gasteiger partial charge is 0.462 e. The molecule has 0 spiro atoms. The molecule has 8 heteroatoms. The van der Waals surface area contributed by atoms with Crippen LogP contribution in [0.3, 0.4) is 0 Å². The second kappa shape index (κ2) is 7.64. The Labute approximate surface area is 137 Å². The number of ether oxygens (including phenoxy) is 1. The molecule has 0 aliphatic carbocycles. The van der Waals surface area contributed by atoms with E-state index in [9.17, 15) is 14.4 Å². The summed E-state index contributed by atoms with van der Waals surface area (Å²) < 4.78 is 5.01. The molecule has 1 N–H and O–H groups in total. The molecule has 1 aromatic rings. The monoisotopic (exact) mass is 342 g/mol. The number of carbonyl (C=O) groups excluding carboxylic acids is 3. The van der Waals surface area contributed by atoms with Crippen molar-refractivity contribution in [2.45, 2.75) is 20.3 Å². The maximum Gasteiger partial charge on any atom is 0.341 e. The molecule has 0 aromatic carbocycles. The van der Waals surface area contributed by atoms with E-state index < -0.39 is 5.97 Å². The lowest BCUT2D eigenvalue weighted by Gasteiger charge is -2.14. The Hall–Kier alpha value is -1.54. The summed E-state index contributed by atoms with van der Waals surface area (Å²) in [7, 11) is 0. The lowest BCUT2D eigenvalue weighted by molar-refractivity contribution is -0.130. The van der Waals surface area contributed by atoms with E-state index in [-0.39, 0.29) is 25.0 Å². The lowest BCUT2D eigenvalue weighted by Crippen LogP contribution is -2.34. The summed E-state index contributed by atoms with van der Waals surface area (Å²) in [5.41, 5.74) is 0.374. The molecule has 2 heterocycles. The van der Waals surface area contributed by atoms with E-state index in [1.165, 1.54) is 28.0 Å². The van der Waals surface area contributed by atoms with E-state index in [4.69, 9.17) is 4.74 Å². The van der Waals surface area contributed by atoms with Gasteiger partial charge in [-0.3, -0.25) is 9.59 Å². The van der Waals surface area contributed by atoms with Gasteiger partial charge in [-0.2, -0.15) is 0 Å². The fourth-order valence-corrected chi connectivity index (χ4v) is 3.85. The highest BCUT2D eigenvalue weighted by molar-refractivity contribution is 8.00. The molecule has 1 fully saturated rings. The molecular formula is C14H18N2O4S2. The maximum absolute atomic E-state index is 12.1. The molecule has 0 radical (unpaired) electrons. The summed E-state index contributed by atoms with van der Waals surface area (Å²) in [6, 6.07) is 1.75. The van der Waals surface area contributed by atoms with E-state index in [2.05, 4.69) is 5.32 Å². The van der Waals surface area contributed by atoms with Gasteiger partial charge in [0.15, 0.2) is 0 Å². The van der Waals surface area contributed by atoms with Crippen LogP contribution in [0.25, 0.3) is 0 Å². The highest BCUT2D eigenvalue weighted by Crippen LogP contribution is 2.29. The minimum absolute atomic E-state index is 0.00740. The molecule has 1 aromatic heterocycles. The Morgan fingerprint density at radius 2 is 2.18 bits per heavy atom. The molecule has 0 unspecified atom stereocenters. The minimum Gasteiger partial charge on any atom is -0.462 e. The van der Waals surface area contributed by atoms with Crippen molar-refractivity contribution in [2.24, 2.45) is 0 Å². The first-order valence-corrected chi connectivity index (χ1v) is 8.97. The summed E-state index contributed by atoms with van der Waals surface area (Å²) in [4.78, 5) is 38.0. The number of hydrogen-bond acceptors (Lipinski definition) is 6. The Morgan fingerprint density at radius 3 is 2.77 bits per heavy atom. The molecule has 1 aliphatic rings. The predicted molar refractivity (Wildman–Crippen MR) is 87.3 cm³/mol. The van der Waals surface area contributed by atoms with Gasteiger partial charge < -0.3 is 15.0 Å². The van der Waals surface area contributed by atoms with Gasteiger partial charge in [-0.1, -0.05) is 6.92 Å². The summed E-state index contributed by atoms with van der Waals surface area (Å²) >= 11 is 2.85. The maximum atomic E-state index is 12.1. The number of nitrogens with one attached hydrogen (secondary N) is 1. The van der Waals surface area contributed by atoms with E-state index in [0.29, 0.717) is 22.2 Å². The number of anilines is 1. The van der Waals surface area contributed by atoms with Gasteiger partial charge in [0.2, 0.25) is 11.8 Å². The molecule has 0 saturated carbocycles. The first kappa shape index (κ1) is 16.8. The number of carbonyl (C=O) groups is 3. The van der Waals surface area contributed by atoms with Gasteiger partial charge >= 0.3 is 5.97 Å². The van der Waals surface area contributed by atoms with E-state index in [1.807, 2.05) is 6.92 Å². The second-order valence-corrected chi connectivity index (χ2v) is 6.74. The number of thiophene rings is 1. The van der Waals surface area contributed by atoms with Gasteiger partial charge in [0, 0.05) is 4.88 Å². The van der Waals surface area contributed by atoms with Crippen molar-refractivity contribution in [3.05, 3.63) is 16.5 Å². The normalized spacial score (nSPS) is 14.3. The third-order valence-corrected chi connectivity index (χ3v) is 5.18. The van der Waals surface area contributed by atoms with Crippen molar-refractivity contribution < 1.29 is 19.1 Å². The quantitative estimate of drug-likeness (QED) is 0.800. The Bertz CT molecular complexity index is 585. The third kappa shape index (κ3) is 4.01. The van der Waals surface area contributed by atoms with Crippen LogP contribution in [0, 0.1) is 0 Å². The van der Waals surface area contributed by atoms with Crippen molar-refractivity contribution >= 4 is 45.9 Å². The summed E-state index contributed by atoms with van der Waals surface area (Å²) in [5, 5.41) is 3.21. The number of thioether (sulfide) groups is 1. The van der Waals surface area contributed by atoms with Gasteiger partial charge in [0.1, 0.15) is 11.5 Å². The summed E-state index contributed by atoms with van der Waals surface area (Å²) in [6.45, 7) is 4.00.